The minimum atomic E-state index is -0.312. The third-order valence-electron chi connectivity index (χ3n) is 6.22. The fourth-order valence-corrected chi connectivity index (χ4v) is 4.27. The zero-order chi connectivity index (χ0) is 23.4. The maximum Gasteiger partial charge on any atom is 0.254 e. The lowest BCUT2D eigenvalue weighted by atomic mass is 10.0. The highest BCUT2D eigenvalue weighted by molar-refractivity contribution is 6.07. The molecular weight excluding hydrogens is 419 g/mol. The molecule has 4 rings (SSSR count). The molecule has 2 aromatic carbocycles. The van der Waals surface area contributed by atoms with Crippen molar-refractivity contribution in [2.45, 2.75) is 13.8 Å². The number of pyridine rings is 1. The molecule has 0 spiro atoms. The van der Waals surface area contributed by atoms with Crippen LogP contribution in [0.15, 0.2) is 54.6 Å². The van der Waals surface area contributed by atoms with E-state index in [-0.39, 0.29) is 17.6 Å². The Kier molecular flexibility index (Phi) is 6.99. The molecule has 0 bridgehead atoms. The Morgan fingerprint density at radius 2 is 1.64 bits per heavy atom. The van der Waals surface area contributed by atoms with E-state index in [4.69, 9.17) is 4.98 Å². The van der Waals surface area contributed by atoms with E-state index in [1.165, 1.54) is 12.1 Å². The van der Waals surface area contributed by atoms with Gasteiger partial charge < -0.3 is 9.80 Å². The number of fused-ring (bicyclic) bond motifs is 1. The van der Waals surface area contributed by atoms with E-state index in [0.717, 1.165) is 16.5 Å². The van der Waals surface area contributed by atoms with Crippen molar-refractivity contribution in [1.29, 1.82) is 0 Å². The average Bonchev–Trinajstić information content (AvgIpc) is 2.84. The summed E-state index contributed by atoms with van der Waals surface area (Å²) in [5.41, 5.74) is 2.72. The summed E-state index contributed by atoms with van der Waals surface area (Å²) in [6, 6.07) is 15.5. The fraction of sp³-hybridized carbons (Fsp3) is 0.346. The van der Waals surface area contributed by atoms with E-state index in [2.05, 4.69) is 4.90 Å². The zero-order valence-electron chi connectivity index (χ0n) is 19.1. The van der Waals surface area contributed by atoms with Gasteiger partial charge in [0, 0.05) is 50.2 Å². The monoisotopic (exact) mass is 448 g/mol. The average molecular weight is 449 g/mol. The van der Waals surface area contributed by atoms with E-state index in [1.54, 1.807) is 18.2 Å². The maximum atomic E-state index is 13.5. The van der Waals surface area contributed by atoms with E-state index in [9.17, 15) is 14.0 Å². The topological polar surface area (TPSA) is 56.8 Å². The second-order valence-corrected chi connectivity index (χ2v) is 8.21. The van der Waals surface area contributed by atoms with Crippen LogP contribution < -0.4 is 0 Å². The van der Waals surface area contributed by atoms with Gasteiger partial charge in [0.1, 0.15) is 5.82 Å². The number of piperazine rings is 1. The number of aromatic nitrogens is 1. The molecule has 1 saturated heterocycles. The summed E-state index contributed by atoms with van der Waals surface area (Å²) in [6.07, 6.45) is 0. The third kappa shape index (κ3) is 5.03. The van der Waals surface area contributed by atoms with Crippen molar-refractivity contribution in [3.63, 3.8) is 0 Å². The molecule has 1 aromatic heterocycles. The van der Waals surface area contributed by atoms with Crippen molar-refractivity contribution in [3.05, 3.63) is 66.0 Å². The Balaban J connectivity index is 1.54. The first-order chi connectivity index (χ1) is 16.0. The fourth-order valence-electron chi connectivity index (χ4n) is 4.27. The molecule has 1 aliphatic heterocycles. The molecule has 0 radical (unpaired) electrons. The van der Waals surface area contributed by atoms with Crippen molar-refractivity contribution >= 4 is 22.7 Å². The number of nitrogens with zero attached hydrogens (tertiary/aromatic N) is 4. The quantitative estimate of drug-likeness (QED) is 0.578. The zero-order valence-corrected chi connectivity index (χ0v) is 19.1. The van der Waals surface area contributed by atoms with Gasteiger partial charge in [-0.05, 0) is 50.2 Å². The number of carbonyl (C=O) groups is 2. The molecule has 6 nitrogen and oxygen atoms in total. The van der Waals surface area contributed by atoms with Crippen molar-refractivity contribution in [1.82, 2.24) is 19.7 Å². The van der Waals surface area contributed by atoms with Crippen molar-refractivity contribution < 1.29 is 14.0 Å². The van der Waals surface area contributed by atoms with Crippen LogP contribution in [0, 0.1) is 5.82 Å². The number of benzene rings is 2. The molecule has 1 aliphatic rings. The van der Waals surface area contributed by atoms with Crippen LogP contribution in [0.2, 0.25) is 0 Å². The molecular formula is C26H29FN4O2. The van der Waals surface area contributed by atoms with Gasteiger partial charge in [-0.25, -0.2) is 9.37 Å². The molecule has 0 aliphatic carbocycles. The summed E-state index contributed by atoms with van der Waals surface area (Å²) in [7, 11) is 0. The van der Waals surface area contributed by atoms with Gasteiger partial charge >= 0.3 is 0 Å². The second kappa shape index (κ2) is 10.1. The molecule has 7 heteroatoms. The Morgan fingerprint density at radius 3 is 2.30 bits per heavy atom. The highest BCUT2D eigenvalue weighted by Gasteiger charge is 2.26. The van der Waals surface area contributed by atoms with E-state index >= 15 is 0 Å². The van der Waals surface area contributed by atoms with Crippen LogP contribution in [0.4, 0.5) is 4.39 Å². The molecule has 0 unspecified atom stereocenters. The number of rotatable bonds is 6. The van der Waals surface area contributed by atoms with Crippen LogP contribution in [-0.4, -0.2) is 77.3 Å². The Labute approximate surface area is 193 Å². The number of hydrogen-bond acceptors (Lipinski definition) is 4. The number of halogens is 1. The number of carbonyl (C=O) groups excluding carboxylic acids is 2. The van der Waals surface area contributed by atoms with Crippen LogP contribution in [0.5, 0.6) is 0 Å². The van der Waals surface area contributed by atoms with Gasteiger partial charge in [0.25, 0.3) is 5.91 Å². The minimum Gasteiger partial charge on any atom is -0.342 e. The number of para-hydroxylation sites is 1. The molecule has 3 aromatic rings. The number of likely N-dealkylation sites (N-methyl/N-ethyl adjacent to an activating group) is 1. The van der Waals surface area contributed by atoms with Crippen molar-refractivity contribution in [2.24, 2.45) is 0 Å². The summed E-state index contributed by atoms with van der Waals surface area (Å²) in [5.74, 6) is -0.233. The van der Waals surface area contributed by atoms with Crippen molar-refractivity contribution in [2.75, 3.05) is 45.8 Å². The van der Waals surface area contributed by atoms with Gasteiger partial charge in [-0.2, -0.15) is 0 Å². The van der Waals surface area contributed by atoms with Crippen LogP contribution in [0.25, 0.3) is 22.2 Å². The smallest absolute Gasteiger partial charge is 0.254 e. The molecule has 0 atom stereocenters. The summed E-state index contributed by atoms with van der Waals surface area (Å²) < 4.78 is 13.4. The summed E-state index contributed by atoms with van der Waals surface area (Å²) in [5, 5.41) is 0.799. The molecule has 0 saturated carbocycles. The normalized spacial score (nSPS) is 14.5. The van der Waals surface area contributed by atoms with Crippen molar-refractivity contribution in [3.8, 4) is 11.3 Å². The Morgan fingerprint density at radius 1 is 0.970 bits per heavy atom. The highest BCUT2D eigenvalue weighted by atomic mass is 19.1. The number of hydrogen-bond donors (Lipinski definition) is 0. The molecule has 33 heavy (non-hydrogen) atoms. The summed E-state index contributed by atoms with van der Waals surface area (Å²) >= 11 is 0. The largest absolute Gasteiger partial charge is 0.342 e. The second-order valence-electron chi connectivity index (χ2n) is 8.21. The van der Waals surface area contributed by atoms with Gasteiger partial charge in [-0.15, -0.1) is 0 Å². The molecule has 1 fully saturated rings. The standard InChI is InChI=1S/C26H29FN4O2/c1-3-30(4-2)25(32)18-29-13-15-31(16-14-29)26(33)22-17-24(19-9-11-20(27)12-10-19)28-23-8-6-5-7-21(22)23/h5-12,17H,3-4,13-16,18H2,1-2H3. The lowest BCUT2D eigenvalue weighted by Crippen LogP contribution is -2.51. The third-order valence-corrected chi connectivity index (χ3v) is 6.22. The predicted molar refractivity (Wildman–Crippen MR) is 127 cm³/mol. The molecule has 172 valence electrons. The molecule has 0 N–H and O–H groups in total. The Hall–Kier alpha value is -3.32. The van der Waals surface area contributed by atoms with Gasteiger partial charge in [-0.1, -0.05) is 18.2 Å². The molecule has 2 heterocycles. The number of amides is 2. The van der Waals surface area contributed by atoms with Crippen LogP contribution in [-0.2, 0) is 4.79 Å². The lowest BCUT2D eigenvalue weighted by molar-refractivity contribution is -0.132. The minimum absolute atomic E-state index is 0.0494. The predicted octanol–water partition coefficient (Wildman–Crippen LogP) is 3.67. The summed E-state index contributed by atoms with van der Waals surface area (Å²) in [6.45, 7) is 8.21. The van der Waals surface area contributed by atoms with Crippen LogP contribution in [0.1, 0.15) is 24.2 Å². The Bertz CT molecular complexity index is 1140. The lowest BCUT2D eigenvalue weighted by Gasteiger charge is -2.35. The SMILES string of the molecule is CCN(CC)C(=O)CN1CCN(C(=O)c2cc(-c3ccc(F)cc3)nc3ccccc23)CC1. The highest BCUT2D eigenvalue weighted by Crippen LogP contribution is 2.26. The van der Waals surface area contributed by atoms with E-state index in [0.29, 0.717) is 57.1 Å². The van der Waals surface area contributed by atoms with E-state index < -0.39 is 0 Å². The van der Waals surface area contributed by atoms with Crippen LogP contribution >= 0.6 is 0 Å². The first-order valence-corrected chi connectivity index (χ1v) is 11.4. The van der Waals surface area contributed by atoms with E-state index in [1.807, 2.05) is 47.9 Å². The van der Waals surface area contributed by atoms with Gasteiger partial charge in [-0.3, -0.25) is 14.5 Å². The van der Waals surface area contributed by atoms with Gasteiger partial charge in [0.05, 0.1) is 23.3 Å². The van der Waals surface area contributed by atoms with Gasteiger partial charge in [0.2, 0.25) is 5.91 Å². The first kappa shape index (κ1) is 22.9. The molecule has 2 amide bonds. The van der Waals surface area contributed by atoms with Crippen LogP contribution in [0.3, 0.4) is 0 Å². The summed E-state index contributed by atoms with van der Waals surface area (Å²) in [4.78, 5) is 36.4. The first-order valence-electron chi connectivity index (χ1n) is 11.4. The van der Waals surface area contributed by atoms with Gasteiger partial charge in [0.15, 0.2) is 0 Å². The maximum absolute atomic E-state index is 13.5.